The third-order valence-electron chi connectivity index (χ3n) is 5.27. The summed E-state index contributed by atoms with van der Waals surface area (Å²) >= 11 is 0. The Balaban J connectivity index is 1.68. The van der Waals surface area contributed by atoms with Crippen LogP contribution in [0.15, 0.2) is 34.7 Å². The van der Waals surface area contributed by atoms with Crippen LogP contribution in [0.25, 0.3) is 0 Å². The van der Waals surface area contributed by atoms with Gasteiger partial charge in [0.15, 0.2) is 0 Å². The third kappa shape index (κ3) is 4.35. The molecular weight excluding hydrogens is 348 g/mol. The summed E-state index contributed by atoms with van der Waals surface area (Å²) < 4.78 is 27.0. The molecule has 1 aromatic carbocycles. The molecule has 1 aliphatic heterocycles. The van der Waals surface area contributed by atoms with Crippen molar-refractivity contribution in [2.45, 2.75) is 56.8 Å². The Labute approximate surface area is 156 Å². The van der Waals surface area contributed by atoms with Crippen molar-refractivity contribution >= 4 is 15.9 Å². The lowest BCUT2D eigenvalue weighted by atomic mass is 9.97. The van der Waals surface area contributed by atoms with Gasteiger partial charge in [-0.1, -0.05) is 17.7 Å². The molecule has 0 unspecified atom stereocenters. The minimum absolute atomic E-state index is 0.197. The molecule has 0 atom stereocenters. The van der Waals surface area contributed by atoms with Gasteiger partial charge < -0.3 is 5.32 Å². The van der Waals surface area contributed by atoms with E-state index in [0.717, 1.165) is 37.7 Å². The summed E-state index contributed by atoms with van der Waals surface area (Å²) in [5.41, 5.74) is 2.65. The molecular formula is C20H28N2O3S. The zero-order valence-corrected chi connectivity index (χ0v) is 16.3. The molecule has 0 bridgehead atoms. The van der Waals surface area contributed by atoms with E-state index < -0.39 is 10.0 Å². The van der Waals surface area contributed by atoms with Crippen molar-refractivity contribution in [3.8, 4) is 0 Å². The fraction of sp³-hybridized carbons (Fsp3) is 0.550. The summed E-state index contributed by atoms with van der Waals surface area (Å²) in [6, 6.07) is 4.85. The van der Waals surface area contributed by atoms with Gasteiger partial charge in [0.2, 0.25) is 10.0 Å². The number of amides is 1. The van der Waals surface area contributed by atoms with Gasteiger partial charge in [-0.3, -0.25) is 4.79 Å². The summed E-state index contributed by atoms with van der Waals surface area (Å²) in [4.78, 5) is 12.8. The molecule has 1 fully saturated rings. The number of carbonyl (C=O) groups is 1. The van der Waals surface area contributed by atoms with E-state index in [2.05, 4.69) is 11.4 Å². The van der Waals surface area contributed by atoms with Gasteiger partial charge in [0.05, 0.1) is 4.90 Å². The van der Waals surface area contributed by atoms with Crippen LogP contribution in [-0.4, -0.2) is 38.3 Å². The highest BCUT2D eigenvalue weighted by atomic mass is 32.2. The number of carbonyl (C=O) groups excluding carboxylic acids is 1. The number of benzene rings is 1. The molecule has 3 rings (SSSR count). The number of nitrogens with one attached hydrogen (secondary N) is 1. The second-order valence-corrected chi connectivity index (χ2v) is 9.14. The fourth-order valence-corrected chi connectivity index (χ4v) is 5.19. The Morgan fingerprint density at radius 2 is 1.92 bits per heavy atom. The van der Waals surface area contributed by atoms with Gasteiger partial charge in [0.25, 0.3) is 5.91 Å². The van der Waals surface area contributed by atoms with E-state index in [1.165, 1.54) is 28.8 Å². The first-order valence-corrected chi connectivity index (χ1v) is 11.0. The quantitative estimate of drug-likeness (QED) is 0.774. The standard InChI is InChI=1S/C20H28N2O3S/c1-16-9-10-18(26(24,25)22-13-5-6-14-22)15-19(16)20(23)21-12-11-17-7-3-2-4-8-17/h7,9-10,15H,2-6,8,11-14H2,1H3,(H,21,23). The van der Waals surface area contributed by atoms with Crippen LogP contribution in [0.4, 0.5) is 0 Å². The van der Waals surface area contributed by atoms with Crippen LogP contribution in [0.3, 0.4) is 0 Å². The molecule has 5 nitrogen and oxygen atoms in total. The van der Waals surface area contributed by atoms with E-state index in [1.54, 1.807) is 12.1 Å². The van der Waals surface area contributed by atoms with Crippen LogP contribution in [0, 0.1) is 6.92 Å². The van der Waals surface area contributed by atoms with E-state index in [4.69, 9.17) is 0 Å². The summed E-state index contributed by atoms with van der Waals surface area (Å²) in [5, 5.41) is 2.95. The minimum atomic E-state index is -3.50. The third-order valence-corrected chi connectivity index (χ3v) is 7.17. The first kappa shape index (κ1) is 19.1. The van der Waals surface area contributed by atoms with Crippen LogP contribution >= 0.6 is 0 Å². The van der Waals surface area contributed by atoms with E-state index in [0.29, 0.717) is 25.2 Å². The Morgan fingerprint density at radius 1 is 1.15 bits per heavy atom. The van der Waals surface area contributed by atoms with E-state index in [9.17, 15) is 13.2 Å². The molecule has 2 aliphatic rings. The highest BCUT2D eigenvalue weighted by Crippen LogP contribution is 2.23. The van der Waals surface area contributed by atoms with E-state index in [1.807, 2.05) is 6.92 Å². The first-order chi connectivity index (χ1) is 12.5. The van der Waals surface area contributed by atoms with E-state index in [-0.39, 0.29) is 10.8 Å². The van der Waals surface area contributed by atoms with Gasteiger partial charge in [-0.15, -0.1) is 0 Å². The number of hydrogen-bond donors (Lipinski definition) is 1. The number of sulfonamides is 1. The first-order valence-electron chi connectivity index (χ1n) is 9.55. The Kier molecular flexibility index (Phi) is 6.14. The number of hydrogen-bond acceptors (Lipinski definition) is 3. The van der Waals surface area contributed by atoms with Crippen LogP contribution in [-0.2, 0) is 10.0 Å². The highest BCUT2D eigenvalue weighted by molar-refractivity contribution is 7.89. The van der Waals surface area contributed by atoms with E-state index >= 15 is 0 Å². The van der Waals surface area contributed by atoms with Gasteiger partial charge in [0.1, 0.15) is 0 Å². The van der Waals surface area contributed by atoms with Gasteiger partial charge in [-0.05, 0) is 69.6 Å². The van der Waals surface area contributed by atoms with Crippen molar-refractivity contribution in [2.75, 3.05) is 19.6 Å². The predicted octanol–water partition coefficient (Wildman–Crippen LogP) is 3.40. The molecule has 1 aliphatic carbocycles. The topological polar surface area (TPSA) is 66.5 Å². The zero-order chi connectivity index (χ0) is 18.6. The Bertz CT molecular complexity index is 793. The lowest BCUT2D eigenvalue weighted by Crippen LogP contribution is -2.29. The maximum atomic E-state index is 12.7. The lowest BCUT2D eigenvalue weighted by molar-refractivity contribution is 0.0953. The maximum Gasteiger partial charge on any atom is 0.251 e. The van der Waals surface area contributed by atoms with Crippen molar-refractivity contribution in [2.24, 2.45) is 0 Å². The van der Waals surface area contributed by atoms with Crippen LogP contribution in [0.5, 0.6) is 0 Å². The molecule has 142 valence electrons. The summed E-state index contributed by atoms with van der Waals surface area (Å²) in [6.45, 7) is 3.55. The summed E-state index contributed by atoms with van der Waals surface area (Å²) in [7, 11) is -3.50. The Morgan fingerprint density at radius 3 is 2.62 bits per heavy atom. The molecule has 1 saturated heterocycles. The van der Waals surface area contributed by atoms with Gasteiger partial charge in [-0.2, -0.15) is 4.31 Å². The highest BCUT2D eigenvalue weighted by Gasteiger charge is 2.28. The van der Waals surface area contributed by atoms with Crippen molar-refractivity contribution in [1.82, 2.24) is 9.62 Å². The number of nitrogens with zero attached hydrogens (tertiary/aromatic N) is 1. The second kappa shape index (κ2) is 8.35. The molecule has 1 heterocycles. The zero-order valence-electron chi connectivity index (χ0n) is 15.5. The summed E-state index contributed by atoms with van der Waals surface area (Å²) in [5.74, 6) is -0.197. The molecule has 1 N–H and O–H groups in total. The monoisotopic (exact) mass is 376 g/mol. The van der Waals surface area contributed by atoms with Crippen molar-refractivity contribution in [1.29, 1.82) is 0 Å². The van der Waals surface area contributed by atoms with Crippen molar-refractivity contribution in [3.63, 3.8) is 0 Å². The van der Waals surface area contributed by atoms with Gasteiger partial charge in [0, 0.05) is 25.2 Å². The average molecular weight is 377 g/mol. The molecule has 0 aromatic heterocycles. The minimum Gasteiger partial charge on any atom is -0.352 e. The predicted molar refractivity (Wildman–Crippen MR) is 103 cm³/mol. The summed E-state index contributed by atoms with van der Waals surface area (Å²) in [6.07, 6.45) is 9.70. The largest absolute Gasteiger partial charge is 0.352 e. The SMILES string of the molecule is Cc1ccc(S(=O)(=O)N2CCCC2)cc1C(=O)NCCC1=CCCCC1. The van der Waals surface area contributed by atoms with Gasteiger partial charge in [-0.25, -0.2) is 8.42 Å². The number of rotatable bonds is 6. The van der Waals surface area contributed by atoms with Crippen LogP contribution < -0.4 is 5.32 Å². The Hall–Kier alpha value is -1.66. The van der Waals surface area contributed by atoms with Crippen molar-refractivity contribution < 1.29 is 13.2 Å². The van der Waals surface area contributed by atoms with Crippen molar-refractivity contribution in [3.05, 3.63) is 41.0 Å². The fourth-order valence-electron chi connectivity index (χ4n) is 3.65. The molecule has 26 heavy (non-hydrogen) atoms. The molecule has 1 aromatic rings. The van der Waals surface area contributed by atoms with Crippen LogP contribution in [0.2, 0.25) is 0 Å². The molecule has 0 saturated carbocycles. The molecule has 0 spiro atoms. The maximum absolute atomic E-state index is 12.7. The number of aryl methyl sites for hydroxylation is 1. The average Bonchev–Trinajstić information content (AvgIpc) is 3.18. The molecule has 6 heteroatoms. The smallest absolute Gasteiger partial charge is 0.251 e. The normalized spacial score (nSPS) is 18.6. The lowest BCUT2D eigenvalue weighted by Gasteiger charge is -2.17. The number of allylic oxidation sites excluding steroid dienone is 1. The van der Waals surface area contributed by atoms with Gasteiger partial charge >= 0.3 is 0 Å². The second-order valence-electron chi connectivity index (χ2n) is 7.20. The van der Waals surface area contributed by atoms with Crippen LogP contribution in [0.1, 0.15) is 60.9 Å². The molecule has 1 amide bonds. The molecule has 0 radical (unpaired) electrons.